The Morgan fingerprint density at radius 3 is 2.65 bits per heavy atom. The van der Waals surface area contributed by atoms with Crippen molar-refractivity contribution >= 4 is 22.9 Å². The lowest BCUT2D eigenvalue weighted by atomic mass is 10.3. The topological polar surface area (TPSA) is 34.6 Å². The number of hydrogen-bond acceptors (Lipinski definition) is 5. The van der Waals surface area contributed by atoms with E-state index in [9.17, 15) is 0 Å². The van der Waals surface area contributed by atoms with Crippen LogP contribution in [0.4, 0.5) is 0 Å². The van der Waals surface area contributed by atoms with Crippen molar-refractivity contribution in [2.24, 2.45) is 0 Å². The number of thiazole rings is 1. The van der Waals surface area contributed by atoms with E-state index < -0.39 is 0 Å². The van der Waals surface area contributed by atoms with E-state index in [-0.39, 0.29) is 0 Å². The number of ether oxygens (including phenoxy) is 2. The third-order valence-corrected chi connectivity index (χ3v) is 3.44. The Balaban J connectivity index is 2.38. The van der Waals surface area contributed by atoms with Crippen LogP contribution in [0.3, 0.4) is 0 Å². The van der Waals surface area contributed by atoms with Crippen molar-refractivity contribution in [3.63, 3.8) is 0 Å². The molecule has 17 heavy (non-hydrogen) atoms. The van der Waals surface area contributed by atoms with E-state index in [2.05, 4.69) is 9.88 Å². The Kier molecular flexibility index (Phi) is 7.72. The maximum absolute atomic E-state index is 5.82. The zero-order valence-corrected chi connectivity index (χ0v) is 11.9. The molecule has 0 aromatic carbocycles. The highest BCUT2D eigenvalue weighted by Crippen LogP contribution is 2.19. The summed E-state index contributed by atoms with van der Waals surface area (Å²) >= 11 is 7.35. The van der Waals surface area contributed by atoms with Crippen LogP contribution in [0.2, 0.25) is 4.47 Å². The van der Waals surface area contributed by atoms with Gasteiger partial charge in [0.1, 0.15) is 0 Å². The SMILES string of the molecule is COCCCN(CCOC)Cc1cnc(Cl)s1. The summed E-state index contributed by atoms with van der Waals surface area (Å²) < 4.78 is 10.8. The van der Waals surface area contributed by atoms with Gasteiger partial charge in [-0.1, -0.05) is 11.6 Å². The molecule has 0 atom stereocenters. The van der Waals surface area contributed by atoms with Crippen molar-refractivity contribution in [1.29, 1.82) is 0 Å². The number of hydrogen-bond donors (Lipinski definition) is 0. The van der Waals surface area contributed by atoms with E-state index >= 15 is 0 Å². The zero-order valence-electron chi connectivity index (χ0n) is 10.3. The fourth-order valence-corrected chi connectivity index (χ4v) is 2.52. The molecule has 0 aliphatic carbocycles. The van der Waals surface area contributed by atoms with E-state index in [0.717, 1.165) is 39.3 Å². The number of aromatic nitrogens is 1. The third-order valence-electron chi connectivity index (χ3n) is 2.34. The first-order chi connectivity index (χ1) is 8.26. The van der Waals surface area contributed by atoms with Gasteiger partial charge in [0.25, 0.3) is 0 Å². The van der Waals surface area contributed by atoms with Crippen LogP contribution in [0.25, 0.3) is 0 Å². The van der Waals surface area contributed by atoms with Crippen LogP contribution in [0.5, 0.6) is 0 Å². The highest BCUT2D eigenvalue weighted by atomic mass is 35.5. The molecule has 1 rings (SSSR count). The Morgan fingerprint density at radius 2 is 2.06 bits per heavy atom. The van der Waals surface area contributed by atoms with Gasteiger partial charge in [0.15, 0.2) is 4.47 Å². The molecule has 0 radical (unpaired) electrons. The molecule has 0 saturated carbocycles. The molecule has 0 spiro atoms. The second-order valence-electron chi connectivity index (χ2n) is 3.69. The Labute approximate surface area is 112 Å². The largest absolute Gasteiger partial charge is 0.385 e. The number of nitrogens with zero attached hydrogens (tertiary/aromatic N) is 2. The lowest BCUT2D eigenvalue weighted by molar-refractivity contribution is 0.130. The number of halogens is 1. The van der Waals surface area contributed by atoms with Crippen LogP contribution >= 0.6 is 22.9 Å². The van der Waals surface area contributed by atoms with Gasteiger partial charge >= 0.3 is 0 Å². The molecular weight excluding hydrogens is 260 g/mol. The van der Waals surface area contributed by atoms with Crippen LogP contribution in [0, 0.1) is 0 Å². The summed E-state index contributed by atoms with van der Waals surface area (Å²) in [6.45, 7) is 4.30. The van der Waals surface area contributed by atoms with Gasteiger partial charge in [-0.05, 0) is 6.42 Å². The first-order valence-electron chi connectivity index (χ1n) is 5.56. The second kappa shape index (κ2) is 8.83. The predicted molar refractivity (Wildman–Crippen MR) is 70.8 cm³/mol. The first kappa shape index (κ1) is 14.9. The van der Waals surface area contributed by atoms with Crippen molar-refractivity contribution < 1.29 is 9.47 Å². The molecule has 1 aromatic rings. The van der Waals surface area contributed by atoms with Gasteiger partial charge in [-0.3, -0.25) is 4.90 Å². The Bertz CT molecular complexity index is 309. The molecule has 98 valence electrons. The molecule has 0 bridgehead atoms. The molecule has 4 nitrogen and oxygen atoms in total. The Morgan fingerprint density at radius 1 is 1.29 bits per heavy atom. The minimum atomic E-state index is 0.601. The average Bonchev–Trinajstić information content (AvgIpc) is 2.72. The van der Waals surface area contributed by atoms with Crippen molar-refractivity contribution in [3.8, 4) is 0 Å². The molecule has 0 unspecified atom stereocenters. The van der Waals surface area contributed by atoms with Crippen LogP contribution in [0.15, 0.2) is 6.20 Å². The van der Waals surface area contributed by atoms with Gasteiger partial charge in [-0.2, -0.15) is 0 Å². The normalized spacial score (nSPS) is 11.3. The monoisotopic (exact) mass is 278 g/mol. The maximum atomic E-state index is 5.82. The molecule has 0 fully saturated rings. The fraction of sp³-hybridized carbons (Fsp3) is 0.727. The lowest BCUT2D eigenvalue weighted by Crippen LogP contribution is -2.28. The van der Waals surface area contributed by atoms with E-state index in [1.54, 1.807) is 14.2 Å². The highest BCUT2D eigenvalue weighted by molar-refractivity contribution is 7.15. The summed E-state index contributed by atoms with van der Waals surface area (Å²) in [7, 11) is 3.44. The lowest BCUT2D eigenvalue weighted by Gasteiger charge is -2.20. The molecule has 1 heterocycles. The summed E-state index contributed by atoms with van der Waals surface area (Å²) in [5.41, 5.74) is 0. The molecule has 1 aromatic heterocycles. The molecule has 0 saturated heterocycles. The molecule has 0 aliphatic rings. The van der Waals surface area contributed by atoms with Gasteiger partial charge < -0.3 is 9.47 Å². The van der Waals surface area contributed by atoms with Crippen LogP contribution < -0.4 is 0 Å². The third kappa shape index (κ3) is 6.33. The molecular formula is C11H19ClN2O2S. The van der Waals surface area contributed by atoms with Crippen LogP contribution in [-0.4, -0.2) is 50.4 Å². The summed E-state index contributed by atoms with van der Waals surface area (Å²) in [5.74, 6) is 0. The van der Waals surface area contributed by atoms with Crippen molar-refractivity contribution in [2.75, 3.05) is 40.5 Å². The van der Waals surface area contributed by atoms with Gasteiger partial charge in [0, 0.05) is 51.5 Å². The molecule has 0 N–H and O–H groups in total. The van der Waals surface area contributed by atoms with Crippen molar-refractivity contribution in [1.82, 2.24) is 9.88 Å². The molecule has 6 heteroatoms. The Hall–Kier alpha value is -0.200. The zero-order chi connectivity index (χ0) is 12.5. The summed E-state index contributed by atoms with van der Waals surface area (Å²) in [4.78, 5) is 7.56. The van der Waals surface area contributed by atoms with Crippen LogP contribution in [0.1, 0.15) is 11.3 Å². The van der Waals surface area contributed by atoms with E-state index in [1.807, 2.05) is 6.20 Å². The smallest absolute Gasteiger partial charge is 0.183 e. The summed E-state index contributed by atoms with van der Waals surface area (Å²) in [6, 6.07) is 0. The van der Waals surface area contributed by atoms with Crippen LogP contribution in [-0.2, 0) is 16.0 Å². The maximum Gasteiger partial charge on any atom is 0.183 e. The highest BCUT2D eigenvalue weighted by Gasteiger charge is 2.08. The van der Waals surface area contributed by atoms with E-state index in [1.165, 1.54) is 16.2 Å². The standard InChI is InChI=1S/C11H19ClN2O2S/c1-15-6-3-4-14(5-7-16-2)9-10-8-13-11(12)17-10/h8H,3-7,9H2,1-2H3. The van der Waals surface area contributed by atoms with Gasteiger partial charge in [-0.25, -0.2) is 4.98 Å². The number of methoxy groups -OCH3 is 2. The van der Waals surface area contributed by atoms with Crippen molar-refractivity contribution in [3.05, 3.63) is 15.5 Å². The first-order valence-corrected chi connectivity index (χ1v) is 6.76. The van der Waals surface area contributed by atoms with Gasteiger partial charge in [0.05, 0.1) is 6.61 Å². The second-order valence-corrected chi connectivity index (χ2v) is 5.39. The fourth-order valence-electron chi connectivity index (χ4n) is 1.50. The average molecular weight is 279 g/mol. The van der Waals surface area contributed by atoms with Gasteiger partial charge in [-0.15, -0.1) is 11.3 Å². The van der Waals surface area contributed by atoms with E-state index in [0.29, 0.717) is 4.47 Å². The predicted octanol–water partition coefficient (Wildman–Crippen LogP) is 2.28. The minimum absolute atomic E-state index is 0.601. The minimum Gasteiger partial charge on any atom is -0.385 e. The summed E-state index contributed by atoms with van der Waals surface area (Å²) in [5, 5.41) is 0. The summed E-state index contributed by atoms with van der Waals surface area (Å²) in [6.07, 6.45) is 2.86. The quantitative estimate of drug-likeness (QED) is 0.649. The molecule has 0 amide bonds. The van der Waals surface area contributed by atoms with E-state index in [4.69, 9.17) is 21.1 Å². The van der Waals surface area contributed by atoms with Gasteiger partial charge in [0.2, 0.25) is 0 Å². The molecule has 0 aliphatic heterocycles. The van der Waals surface area contributed by atoms with Crippen molar-refractivity contribution in [2.45, 2.75) is 13.0 Å². The number of rotatable bonds is 9.